The maximum absolute atomic E-state index is 8.52. The van der Waals surface area contributed by atoms with Crippen LogP contribution in [-0.2, 0) is 6.54 Å². The first-order valence-electron chi connectivity index (χ1n) is 3.21. The third-order valence-electron chi connectivity index (χ3n) is 1.21. The van der Waals surface area contributed by atoms with Crippen molar-refractivity contribution in [1.82, 2.24) is 9.88 Å². The van der Waals surface area contributed by atoms with E-state index in [1.807, 2.05) is 25.1 Å². The molecule has 0 bridgehead atoms. The molecule has 58 valence electrons. The second kappa shape index (κ2) is 3.17. The lowest BCUT2D eigenvalue weighted by Crippen LogP contribution is -2.11. The van der Waals surface area contributed by atoms with E-state index in [1.54, 1.807) is 0 Å². The first-order chi connectivity index (χ1) is 5.24. The van der Waals surface area contributed by atoms with Gasteiger partial charge in [0.05, 0.1) is 0 Å². The van der Waals surface area contributed by atoms with Crippen LogP contribution in [-0.4, -0.2) is 24.0 Å². The lowest BCUT2D eigenvalue weighted by atomic mass is 10.3. The molecule has 0 N–H and O–H groups in total. The molecule has 0 aliphatic rings. The van der Waals surface area contributed by atoms with Gasteiger partial charge in [-0.15, -0.1) is 0 Å². The predicted octanol–water partition coefficient (Wildman–Crippen LogP) is 0.608. The summed E-state index contributed by atoms with van der Waals surface area (Å²) in [5, 5.41) is 8.52. The summed E-state index contributed by atoms with van der Waals surface area (Å²) in [6.45, 7) is 0.638. The van der Waals surface area contributed by atoms with Gasteiger partial charge in [0.1, 0.15) is 11.8 Å². The quantitative estimate of drug-likeness (QED) is 0.621. The summed E-state index contributed by atoms with van der Waals surface area (Å²) >= 11 is 0. The molecule has 0 spiro atoms. The van der Waals surface area contributed by atoms with Crippen LogP contribution in [0.2, 0.25) is 0 Å². The minimum atomic E-state index is 0.304. The Kier molecular flexibility index (Phi) is 2.24. The molecule has 4 heteroatoms. The Hall–Kier alpha value is -1.34. The van der Waals surface area contributed by atoms with Crippen LogP contribution in [0.25, 0.3) is 0 Å². The Bertz CT molecular complexity index is 271. The van der Waals surface area contributed by atoms with Crippen LogP contribution in [0.3, 0.4) is 0 Å². The third-order valence-corrected chi connectivity index (χ3v) is 1.21. The highest BCUT2D eigenvalue weighted by Gasteiger charge is 2.06. The van der Waals surface area contributed by atoms with Gasteiger partial charge < -0.3 is 9.32 Å². The van der Waals surface area contributed by atoms with Crippen LogP contribution in [0.15, 0.2) is 10.8 Å². The van der Waals surface area contributed by atoms with Crippen molar-refractivity contribution in [2.45, 2.75) is 6.54 Å². The number of oxazole rings is 1. The Morgan fingerprint density at radius 2 is 2.45 bits per heavy atom. The number of rotatable bonds is 2. The summed E-state index contributed by atoms with van der Waals surface area (Å²) in [7, 11) is 3.83. The van der Waals surface area contributed by atoms with Gasteiger partial charge in [-0.05, 0) is 14.1 Å². The van der Waals surface area contributed by atoms with E-state index in [-0.39, 0.29) is 0 Å². The SMILES string of the molecule is CN(C)Cc1ncoc1C#N. The van der Waals surface area contributed by atoms with Crippen molar-refractivity contribution in [2.75, 3.05) is 14.1 Å². The number of hydrogen-bond donors (Lipinski definition) is 0. The van der Waals surface area contributed by atoms with Crippen LogP contribution < -0.4 is 0 Å². The Balaban J connectivity index is 2.79. The van der Waals surface area contributed by atoms with Crippen molar-refractivity contribution in [3.8, 4) is 6.07 Å². The first kappa shape index (κ1) is 7.76. The fourth-order valence-electron chi connectivity index (χ4n) is 0.772. The zero-order valence-electron chi connectivity index (χ0n) is 6.53. The number of hydrogen-bond acceptors (Lipinski definition) is 4. The highest BCUT2D eigenvalue weighted by Crippen LogP contribution is 2.05. The molecular weight excluding hydrogens is 142 g/mol. The van der Waals surface area contributed by atoms with E-state index in [9.17, 15) is 0 Å². The average Bonchev–Trinajstić information content (AvgIpc) is 2.34. The van der Waals surface area contributed by atoms with Crippen molar-refractivity contribution in [3.05, 3.63) is 17.8 Å². The monoisotopic (exact) mass is 151 g/mol. The molecular formula is C7H9N3O. The van der Waals surface area contributed by atoms with Gasteiger partial charge in [-0.25, -0.2) is 4.98 Å². The van der Waals surface area contributed by atoms with Crippen LogP contribution in [0.1, 0.15) is 11.5 Å². The average molecular weight is 151 g/mol. The van der Waals surface area contributed by atoms with E-state index in [2.05, 4.69) is 4.98 Å². The van der Waals surface area contributed by atoms with Crippen molar-refractivity contribution < 1.29 is 4.42 Å². The van der Waals surface area contributed by atoms with Gasteiger partial charge in [-0.2, -0.15) is 5.26 Å². The summed E-state index contributed by atoms with van der Waals surface area (Å²) in [4.78, 5) is 5.83. The molecule has 0 saturated heterocycles. The number of nitrogens with zero attached hydrogens (tertiary/aromatic N) is 3. The van der Waals surface area contributed by atoms with Crippen LogP contribution >= 0.6 is 0 Å². The standard InChI is InChI=1S/C7H9N3O/c1-10(2)4-6-7(3-8)11-5-9-6/h5H,4H2,1-2H3. The van der Waals surface area contributed by atoms with E-state index in [4.69, 9.17) is 9.68 Å². The molecule has 0 aliphatic heterocycles. The number of nitriles is 1. The molecule has 0 radical (unpaired) electrons. The van der Waals surface area contributed by atoms with Gasteiger partial charge >= 0.3 is 0 Å². The molecule has 1 aromatic rings. The lowest BCUT2D eigenvalue weighted by molar-refractivity contribution is 0.395. The molecule has 1 aromatic heterocycles. The fourth-order valence-corrected chi connectivity index (χ4v) is 0.772. The van der Waals surface area contributed by atoms with Crippen LogP contribution in [0.5, 0.6) is 0 Å². The molecule has 1 heterocycles. The van der Waals surface area contributed by atoms with Gasteiger partial charge in [-0.1, -0.05) is 0 Å². The van der Waals surface area contributed by atoms with Gasteiger partial charge in [0.2, 0.25) is 5.76 Å². The largest absolute Gasteiger partial charge is 0.433 e. The van der Waals surface area contributed by atoms with Gasteiger partial charge in [0.25, 0.3) is 0 Å². The molecule has 1 rings (SSSR count). The predicted molar refractivity (Wildman–Crippen MR) is 38.6 cm³/mol. The summed E-state index contributed by atoms with van der Waals surface area (Å²) in [5.74, 6) is 0.304. The normalized spacial score (nSPS) is 10.0. The summed E-state index contributed by atoms with van der Waals surface area (Å²) in [5.41, 5.74) is 0.692. The third kappa shape index (κ3) is 1.79. The zero-order chi connectivity index (χ0) is 8.27. The maximum Gasteiger partial charge on any atom is 0.228 e. The number of aromatic nitrogens is 1. The highest BCUT2D eigenvalue weighted by atomic mass is 16.3. The van der Waals surface area contributed by atoms with E-state index in [0.29, 0.717) is 18.0 Å². The second-order valence-corrected chi connectivity index (χ2v) is 2.48. The molecule has 0 amide bonds. The smallest absolute Gasteiger partial charge is 0.228 e. The minimum Gasteiger partial charge on any atom is -0.433 e. The molecule has 0 atom stereocenters. The summed E-state index contributed by atoms with van der Waals surface area (Å²) in [6.07, 6.45) is 1.29. The molecule has 0 aromatic carbocycles. The summed E-state index contributed by atoms with van der Waals surface area (Å²) in [6, 6.07) is 1.93. The van der Waals surface area contributed by atoms with Crippen molar-refractivity contribution in [2.24, 2.45) is 0 Å². The van der Waals surface area contributed by atoms with E-state index in [1.165, 1.54) is 6.39 Å². The molecule has 11 heavy (non-hydrogen) atoms. The van der Waals surface area contributed by atoms with Crippen LogP contribution in [0.4, 0.5) is 0 Å². The van der Waals surface area contributed by atoms with Crippen molar-refractivity contribution in [3.63, 3.8) is 0 Å². The van der Waals surface area contributed by atoms with E-state index < -0.39 is 0 Å². The van der Waals surface area contributed by atoms with Gasteiger partial charge in [0, 0.05) is 6.54 Å². The van der Waals surface area contributed by atoms with Crippen molar-refractivity contribution >= 4 is 0 Å². The van der Waals surface area contributed by atoms with Crippen molar-refractivity contribution in [1.29, 1.82) is 5.26 Å². The van der Waals surface area contributed by atoms with Crippen LogP contribution in [0, 0.1) is 11.3 Å². The Labute approximate surface area is 65.1 Å². The molecule has 0 aliphatic carbocycles. The Morgan fingerprint density at radius 3 is 3.00 bits per heavy atom. The Morgan fingerprint density at radius 1 is 1.73 bits per heavy atom. The topological polar surface area (TPSA) is 53.1 Å². The first-order valence-corrected chi connectivity index (χ1v) is 3.21. The zero-order valence-corrected chi connectivity index (χ0v) is 6.53. The van der Waals surface area contributed by atoms with Gasteiger partial charge in [0.15, 0.2) is 6.39 Å². The fraction of sp³-hybridized carbons (Fsp3) is 0.429. The highest BCUT2D eigenvalue weighted by molar-refractivity contribution is 5.21. The minimum absolute atomic E-state index is 0.304. The van der Waals surface area contributed by atoms with E-state index in [0.717, 1.165) is 0 Å². The molecule has 0 unspecified atom stereocenters. The molecule has 0 saturated carbocycles. The van der Waals surface area contributed by atoms with E-state index >= 15 is 0 Å². The summed E-state index contributed by atoms with van der Waals surface area (Å²) < 4.78 is 4.82. The second-order valence-electron chi connectivity index (χ2n) is 2.48. The molecule has 0 fully saturated rings. The lowest BCUT2D eigenvalue weighted by Gasteiger charge is -2.05. The molecule has 4 nitrogen and oxygen atoms in total. The maximum atomic E-state index is 8.52. The van der Waals surface area contributed by atoms with Gasteiger partial charge in [-0.3, -0.25) is 0 Å².